The van der Waals surface area contributed by atoms with Gasteiger partial charge in [-0.2, -0.15) is 13.2 Å². The third-order valence-corrected chi connectivity index (χ3v) is 7.44. The van der Waals surface area contributed by atoms with Gasteiger partial charge < -0.3 is 15.5 Å². The van der Waals surface area contributed by atoms with Crippen LogP contribution < -0.4 is 15.5 Å². The second-order valence-corrected chi connectivity index (χ2v) is 10.1. The lowest BCUT2D eigenvalue weighted by molar-refractivity contribution is -0.137. The van der Waals surface area contributed by atoms with Crippen LogP contribution >= 0.6 is 22.6 Å². The summed E-state index contributed by atoms with van der Waals surface area (Å²) in [6.07, 6.45) is -1.95. The maximum Gasteiger partial charge on any atom is 0.416 e. The van der Waals surface area contributed by atoms with Crippen molar-refractivity contribution in [1.82, 2.24) is 9.97 Å². The average Bonchev–Trinajstić information content (AvgIpc) is 2.93. The van der Waals surface area contributed by atoms with Crippen LogP contribution in [0.4, 0.5) is 36.2 Å². The Morgan fingerprint density at radius 1 is 1.05 bits per heavy atom. The van der Waals surface area contributed by atoms with Gasteiger partial charge in [-0.3, -0.25) is 4.79 Å². The van der Waals surface area contributed by atoms with Gasteiger partial charge in [-0.05, 0) is 60.5 Å². The van der Waals surface area contributed by atoms with E-state index in [0.29, 0.717) is 31.0 Å². The van der Waals surface area contributed by atoms with Gasteiger partial charge in [0.05, 0.1) is 11.3 Å². The molecule has 5 rings (SSSR count). The van der Waals surface area contributed by atoms with Crippen molar-refractivity contribution in [2.24, 2.45) is 0 Å². The molecule has 4 aromatic rings. The van der Waals surface area contributed by atoms with Crippen LogP contribution in [0.5, 0.6) is 0 Å². The lowest BCUT2D eigenvalue weighted by Gasteiger charge is -2.31. The van der Waals surface area contributed by atoms with Crippen molar-refractivity contribution in [3.63, 3.8) is 0 Å². The second-order valence-electron chi connectivity index (χ2n) is 9.33. The molecule has 3 aromatic carbocycles. The molecule has 0 atom stereocenters. The molecular weight excluding hydrogens is 618 g/mol. The molecule has 0 aliphatic carbocycles. The predicted molar refractivity (Wildman–Crippen MR) is 155 cm³/mol. The van der Waals surface area contributed by atoms with E-state index in [1.165, 1.54) is 17.7 Å². The van der Waals surface area contributed by atoms with Crippen LogP contribution in [0.1, 0.15) is 38.3 Å². The van der Waals surface area contributed by atoms with Crippen LogP contribution in [0, 0.1) is 6.92 Å². The van der Waals surface area contributed by atoms with Crippen LogP contribution in [0.25, 0.3) is 0 Å². The minimum atomic E-state index is -4.48. The minimum Gasteiger partial charge on any atom is -0.366 e. The van der Waals surface area contributed by atoms with E-state index in [1.807, 2.05) is 31.3 Å². The number of aromatic nitrogens is 2. The Balaban J connectivity index is 1.29. The van der Waals surface area contributed by atoms with Crippen molar-refractivity contribution in [3.8, 4) is 0 Å². The van der Waals surface area contributed by atoms with Crippen molar-refractivity contribution in [2.75, 3.05) is 22.1 Å². The number of amides is 1. The van der Waals surface area contributed by atoms with Crippen LogP contribution in [0.2, 0.25) is 0 Å². The lowest BCUT2D eigenvalue weighted by atomic mass is 10.0. The molecule has 0 spiro atoms. The number of alkyl halides is 4. The first-order valence-corrected chi connectivity index (χ1v) is 13.8. The fourth-order valence-corrected chi connectivity index (χ4v) is 4.96. The second kappa shape index (κ2) is 11.2. The van der Waals surface area contributed by atoms with Gasteiger partial charge in [0.25, 0.3) is 5.91 Å². The normalized spacial score (nSPS) is 13.1. The quantitative estimate of drug-likeness (QED) is 0.171. The summed E-state index contributed by atoms with van der Waals surface area (Å²) in [5.41, 5.74) is 5.67. The van der Waals surface area contributed by atoms with Gasteiger partial charge in [-0.25, -0.2) is 9.97 Å². The van der Waals surface area contributed by atoms with E-state index < -0.39 is 17.6 Å². The Morgan fingerprint density at radius 2 is 1.85 bits per heavy atom. The van der Waals surface area contributed by atoms with Gasteiger partial charge in [0.15, 0.2) is 0 Å². The van der Waals surface area contributed by atoms with Gasteiger partial charge >= 0.3 is 6.18 Å². The highest BCUT2D eigenvalue weighted by Gasteiger charge is 2.30. The van der Waals surface area contributed by atoms with E-state index in [0.717, 1.165) is 44.8 Å². The van der Waals surface area contributed by atoms with E-state index >= 15 is 0 Å². The number of carbonyl (C=O) groups is 1. The van der Waals surface area contributed by atoms with Crippen molar-refractivity contribution in [1.29, 1.82) is 0 Å². The topological polar surface area (TPSA) is 70.2 Å². The number of carbonyl (C=O) groups excluding carboxylic acids is 1. The molecule has 0 saturated heterocycles. The first-order valence-electron chi connectivity index (χ1n) is 12.3. The van der Waals surface area contributed by atoms with Gasteiger partial charge in [0.1, 0.15) is 0 Å². The molecule has 0 bridgehead atoms. The highest BCUT2D eigenvalue weighted by molar-refractivity contribution is 14.1. The van der Waals surface area contributed by atoms with E-state index in [2.05, 4.69) is 55.2 Å². The number of anilines is 4. The third-order valence-electron chi connectivity index (χ3n) is 6.56. The summed E-state index contributed by atoms with van der Waals surface area (Å²) >= 11 is 2.33. The van der Waals surface area contributed by atoms with Crippen molar-refractivity contribution in [2.45, 2.75) is 30.5 Å². The number of nitrogens with zero attached hydrogens (tertiary/aromatic N) is 3. The minimum absolute atomic E-state index is 0.0892. The highest BCUT2D eigenvalue weighted by Crippen LogP contribution is 2.31. The zero-order valence-corrected chi connectivity index (χ0v) is 23.2. The molecular formula is C29H25F3IN5O. The zero-order valence-electron chi connectivity index (χ0n) is 21.0. The molecule has 0 unspecified atom stereocenters. The number of aryl methyl sites for hydroxylation is 1. The van der Waals surface area contributed by atoms with E-state index in [9.17, 15) is 18.0 Å². The Hall–Kier alpha value is -3.67. The van der Waals surface area contributed by atoms with E-state index in [1.54, 1.807) is 12.1 Å². The molecule has 1 aliphatic rings. The maximum absolute atomic E-state index is 13.1. The Kier molecular flexibility index (Phi) is 7.74. The molecule has 2 N–H and O–H groups in total. The van der Waals surface area contributed by atoms with Gasteiger partial charge in [-0.15, -0.1) is 0 Å². The third kappa shape index (κ3) is 6.32. The fourth-order valence-electron chi connectivity index (χ4n) is 4.46. The lowest BCUT2D eigenvalue weighted by Crippen LogP contribution is -2.32. The van der Waals surface area contributed by atoms with Gasteiger partial charge in [0.2, 0.25) is 5.95 Å². The summed E-state index contributed by atoms with van der Waals surface area (Å²) in [6.45, 7) is 3.25. The van der Waals surface area contributed by atoms with Crippen LogP contribution in [-0.4, -0.2) is 22.4 Å². The number of hydrogen-bond acceptors (Lipinski definition) is 5. The molecule has 10 heteroatoms. The van der Waals surface area contributed by atoms with Gasteiger partial charge in [-0.1, -0.05) is 46.9 Å². The zero-order chi connectivity index (χ0) is 27.6. The summed E-state index contributed by atoms with van der Waals surface area (Å²) in [5.74, 6) is 0.0763. The van der Waals surface area contributed by atoms with Crippen LogP contribution in [0.3, 0.4) is 0 Å². The molecule has 1 aliphatic heterocycles. The van der Waals surface area contributed by atoms with Crippen molar-refractivity contribution in [3.05, 3.63) is 106 Å². The average molecular weight is 643 g/mol. The number of halogens is 4. The number of benzene rings is 3. The standard InChI is InChI=1S/C29H25F3IN5O/c1-18-5-8-20(27(39)35-24-4-2-3-22(14-24)29(30,31)32)13-26(18)38-12-11-25-21(17-38)16-34-28(37-25)36-23-9-6-19(15-33)7-10-23/h2-10,13-14,16H,11-12,15,17H2,1H3,(H,35,39)(H,34,36,37). The largest absolute Gasteiger partial charge is 0.416 e. The molecule has 6 nitrogen and oxygen atoms in total. The summed E-state index contributed by atoms with van der Waals surface area (Å²) in [6, 6.07) is 18.1. The summed E-state index contributed by atoms with van der Waals surface area (Å²) in [4.78, 5) is 24.3. The molecule has 200 valence electrons. The highest BCUT2D eigenvalue weighted by atomic mass is 127. The monoisotopic (exact) mass is 643 g/mol. The molecule has 0 saturated carbocycles. The van der Waals surface area contributed by atoms with Crippen molar-refractivity contribution >= 4 is 51.5 Å². The number of fused-ring (bicyclic) bond motifs is 1. The Labute approximate surface area is 237 Å². The molecule has 0 radical (unpaired) electrons. The first-order chi connectivity index (χ1) is 18.7. The van der Waals surface area contributed by atoms with Crippen LogP contribution in [0.15, 0.2) is 72.9 Å². The van der Waals surface area contributed by atoms with Crippen molar-refractivity contribution < 1.29 is 18.0 Å². The van der Waals surface area contributed by atoms with E-state index in [-0.39, 0.29) is 5.69 Å². The Bertz CT molecular complexity index is 1510. The molecule has 1 amide bonds. The number of hydrogen-bond donors (Lipinski definition) is 2. The summed E-state index contributed by atoms with van der Waals surface area (Å²) in [7, 11) is 0. The molecule has 2 heterocycles. The van der Waals surface area contributed by atoms with E-state index in [4.69, 9.17) is 4.98 Å². The number of rotatable bonds is 6. The summed E-state index contributed by atoms with van der Waals surface area (Å²) in [5, 5.41) is 5.85. The molecule has 0 fully saturated rings. The summed E-state index contributed by atoms with van der Waals surface area (Å²) < 4.78 is 40.1. The number of nitrogens with one attached hydrogen (secondary N) is 2. The molecule has 39 heavy (non-hydrogen) atoms. The SMILES string of the molecule is Cc1ccc(C(=O)Nc2cccc(C(F)(F)F)c2)cc1N1CCc2nc(Nc3ccc(CI)cc3)ncc2C1. The molecule has 1 aromatic heterocycles. The maximum atomic E-state index is 13.1. The predicted octanol–water partition coefficient (Wildman–Crippen LogP) is 7.30. The first kappa shape index (κ1) is 26.9. The van der Waals surface area contributed by atoms with Gasteiger partial charge in [0, 0.05) is 58.3 Å². The smallest absolute Gasteiger partial charge is 0.366 e. The fraction of sp³-hybridized carbons (Fsp3) is 0.207. The van der Waals surface area contributed by atoms with Crippen LogP contribution in [-0.2, 0) is 23.6 Å². The Morgan fingerprint density at radius 3 is 2.59 bits per heavy atom.